The van der Waals surface area contributed by atoms with Gasteiger partial charge in [0.1, 0.15) is 0 Å². The van der Waals surface area contributed by atoms with E-state index in [4.69, 9.17) is 11.6 Å². The van der Waals surface area contributed by atoms with Crippen LogP contribution < -0.4 is 0 Å². The maximum Gasteiger partial charge on any atom is 0.0708 e. The lowest BCUT2D eigenvalue weighted by Gasteiger charge is -1.97. The van der Waals surface area contributed by atoms with Crippen LogP contribution in [0.4, 0.5) is 0 Å². The minimum Gasteiger partial charge on any atom is -0.261 e. The normalized spacial score (nSPS) is 10.3. The van der Waals surface area contributed by atoms with Gasteiger partial charge in [0.05, 0.1) is 6.54 Å². The molecule has 0 radical (unpaired) electrons. The van der Waals surface area contributed by atoms with Crippen molar-refractivity contribution < 1.29 is 0 Å². The van der Waals surface area contributed by atoms with Crippen molar-refractivity contribution in [2.75, 3.05) is 12.5 Å². The number of rotatable bonds is 2. The summed E-state index contributed by atoms with van der Waals surface area (Å²) in [5.74, 6) is 0. The highest BCUT2D eigenvalue weighted by atomic mass is 35.5. The van der Waals surface area contributed by atoms with Gasteiger partial charge in [0.25, 0.3) is 0 Å². The molecule has 0 aromatic heterocycles. The molecule has 0 N–H and O–H groups in total. The smallest absolute Gasteiger partial charge is 0.0708 e. The third-order valence-electron chi connectivity index (χ3n) is 1.42. The molecule has 0 saturated carbocycles. The molecule has 1 aromatic carbocycles. The molecule has 0 fully saturated rings. The summed E-state index contributed by atoms with van der Waals surface area (Å²) in [6, 6.07) is 7.82. The predicted octanol–water partition coefficient (Wildman–Crippen LogP) is 2.90. The Hall–Kier alpha value is -0.340. The molecule has 0 aliphatic carbocycles. The van der Waals surface area contributed by atoms with E-state index in [-0.39, 0.29) is 10.7 Å². The van der Waals surface area contributed by atoms with Crippen LogP contribution in [-0.4, -0.2) is 12.5 Å². The van der Waals surface area contributed by atoms with E-state index in [1.165, 1.54) is 5.56 Å². The summed E-state index contributed by atoms with van der Waals surface area (Å²) in [6.45, 7) is 0.799. The molecule has 1 rings (SSSR count). The summed E-state index contributed by atoms with van der Waals surface area (Å²) in [5.41, 5.74) is 1.22. The lowest BCUT2D eigenvalue weighted by atomic mass is 10.2. The SMILES string of the molecule is CS(C)=NCc1ccc(Cl)cc1. The molecular formula is C9H12ClNS. The molecule has 12 heavy (non-hydrogen) atoms. The van der Waals surface area contributed by atoms with Gasteiger partial charge in [0, 0.05) is 5.02 Å². The Bertz CT molecular complexity index is 275. The van der Waals surface area contributed by atoms with Crippen molar-refractivity contribution in [2.45, 2.75) is 6.54 Å². The molecule has 3 heteroatoms. The maximum atomic E-state index is 5.75. The van der Waals surface area contributed by atoms with Crippen LogP contribution in [0.15, 0.2) is 28.6 Å². The van der Waals surface area contributed by atoms with E-state index in [1.807, 2.05) is 24.3 Å². The molecule has 0 spiro atoms. The van der Waals surface area contributed by atoms with E-state index in [0.29, 0.717) is 0 Å². The Kier molecular flexibility index (Phi) is 3.76. The summed E-state index contributed by atoms with van der Waals surface area (Å²) in [6.07, 6.45) is 4.21. The van der Waals surface area contributed by atoms with Gasteiger partial charge in [-0.3, -0.25) is 4.36 Å². The molecule has 1 nitrogen and oxygen atoms in total. The highest BCUT2D eigenvalue weighted by molar-refractivity contribution is 7.85. The summed E-state index contributed by atoms with van der Waals surface area (Å²) >= 11 is 5.75. The van der Waals surface area contributed by atoms with Gasteiger partial charge < -0.3 is 0 Å². The average Bonchev–Trinajstić information content (AvgIpc) is 2.03. The molecule has 0 heterocycles. The van der Waals surface area contributed by atoms with Gasteiger partial charge in [-0.05, 0) is 30.2 Å². The summed E-state index contributed by atoms with van der Waals surface area (Å²) in [5, 5.41) is 0.783. The molecular weight excluding hydrogens is 190 g/mol. The number of halogens is 1. The predicted molar refractivity (Wildman–Crippen MR) is 56.8 cm³/mol. The van der Waals surface area contributed by atoms with Gasteiger partial charge in [-0.15, -0.1) is 10.7 Å². The second-order valence-electron chi connectivity index (χ2n) is 2.69. The van der Waals surface area contributed by atoms with Crippen molar-refractivity contribution in [3.05, 3.63) is 34.9 Å². The van der Waals surface area contributed by atoms with Crippen molar-refractivity contribution in [2.24, 2.45) is 4.36 Å². The second kappa shape index (κ2) is 4.63. The Morgan fingerprint density at radius 1 is 1.25 bits per heavy atom. The Morgan fingerprint density at radius 3 is 2.33 bits per heavy atom. The van der Waals surface area contributed by atoms with E-state index in [9.17, 15) is 0 Å². The zero-order chi connectivity index (χ0) is 8.97. The Labute approximate surface area is 80.9 Å². The van der Waals surface area contributed by atoms with Gasteiger partial charge in [0.15, 0.2) is 0 Å². The Balaban J connectivity index is 2.65. The fraction of sp³-hybridized carbons (Fsp3) is 0.333. The van der Waals surface area contributed by atoms with Crippen LogP contribution in [0.3, 0.4) is 0 Å². The molecule has 0 aliphatic rings. The highest BCUT2D eigenvalue weighted by Crippen LogP contribution is 2.10. The van der Waals surface area contributed by atoms with Gasteiger partial charge in [0.2, 0.25) is 0 Å². The molecule has 0 aliphatic heterocycles. The third-order valence-corrected chi connectivity index (χ3v) is 2.32. The summed E-state index contributed by atoms with van der Waals surface area (Å²) in [7, 11) is 0.171. The van der Waals surface area contributed by atoms with Gasteiger partial charge in [-0.25, -0.2) is 0 Å². The fourth-order valence-corrected chi connectivity index (χ4v) is 1.33. The zero-order valence-electron chi connectivity index (χ0n) is 7.25. The molecule has 0 saturated heterocycles. The first kappa shape index (κ1) is 9.75. The van der Waals surface area contributed by atoms with Crippen LogP contribution in [0, 0.1) is 0 Å². The number of hydrogen-bond donors (Lipinski definition) is 0. The molecule has 0 unspecified atom stereocenters. The van der Waals surface area contributed by atoms with E-state index < -0.39 is 0 Å². The van der Waals surface area contributed by atoms with E-state index in [2.05, 4.69) is 16.9 Å². The first-order valence-corrected chi connectivity index (χ1v) is 6.06. The van der Waals surface area contributed by atoms with Gasteiger partial charge in [-0.2, -0.15) is 0 Å². The van der Waals surface area contributed by atoms with Gasteiger partial charge >= 0.3 is 0 Å². The maximum absolute atomic E-state index is 5.75. The van der Waals surface area contributed by atoms with Crippen LogP contribution in [0.1, 0.15) is 5.56 Å². The van der Waals surface area contributed by atoms with Crippen molar-refractivity contribution >= 4 is 22.3 Å². The van der Waals surface area contributed by atoms with Crippen LogP contribution >= 0.6 is 11.6 Å². The minimum absolute atomic E-state index is 0.171. The first-order valence-electron chi connectivity index (χ1n) is 3.68. The second-order valence-corrected chi connectivity index (χ2v) is 4.93. The standard InChI is InChI=1S/C9H12ClNS/c1-12(2)11-7-8-3-5-9(10)6-4-8/h3-6H,7H2,1-2H3. The summed E-state index contributed by atoms with van der Waals surface area (Å²) in [4.78, 5) is 0. The van der Waals surface area contributed by atoms with Gasteiger partial charge in [-0.1, -0.05) is 23.7 Å². The van der Waals surface area contributed by atoms with Crippen molar-refractivity contribution in [1.29, 1.82) is 0 Å². The van der Waals surface area contributed by atoms with Crippen LogP contribution in [0.25, 0.3) is 0 Å². The lowest BCUT2D eigenvalue weighted by Crippen LogP contribution is -1.84. The number of benzene rings is 1. The Morgan fingerprint density at radius 2 is 1.83 bits per heavy atom. The molecule has 66 valence electrons. The molecule has 0 bridgehead atoms. The first-order chi connectivity index (χ1) is 5.68. The highest BCUT2D eigenvalue weighted by Gasteiger charge is 1.90. The third kappa shape index (κ3) is 3.37. The topological polar surface area (TPSA) is 12.4 Å². The number of hydrogen-bond acceptors (Lipinski definition) is 1. The van der Waals surface area contributed by atoms with Crippen LogP contribution in [0.5, 0.6) is 0 Å². The molecule has 1 aromatic rings. The monoisotopic (exact) mass is 201 g/mol. The van der Waals surface area contributed by atoms with Crippen molar-refractivity contribution in [3.8, 4) is 0 Å². The lowest BCUT2D eigenvalue weighted by molar-refractivity contribution is 1.09. The van der Waals surface area contributed by atoms with Crippen molar-refractivity contribution in [3.63, 3.8) is 0 Å². The largest absolute Gasteiger partial charge is 0.261 e. The van der Waals surface area contributed by atoms with E-state index in [0.717, 1.165) is 11.6 Å². The summed E-state index contributed by atoms with van der Waals surface area (Å²) < 4.78 is 4.41. The molecule has 0 atom stereocenters. The van der Waals surface area contributed by atoms with Crippen LogP contribution in [0.2, 0.25) is 5.02 Å². The van der Waals surface area contributed by atoms with E-state index in [1.54, 1.807) is 0 Å². The fourth-order valence-electron chi connectivity index (χ4n) is 0.793. The quantitative estimate of drug-likeness (QED) is 0.698. The average molecular weight is 202 g/mol. The zero-order valence-corrected chi connectivity index (χ0v) is 8.82. The molecule has 0 amide bonds. The number of nitrogens with zero attached hydrogens (tertiary/aromatic N) is 1. The van der Waals surface area contributed by atoms with E-state index >= 15 is 0 Å². The van der Waals surface area contributed by atoms with Crippen molar-refractivity contribution in [1.82, 2.24) is 0 Å². The minimum atomic E-state index is 0.171. The van der Waals surface area contributed by atoms with Crippen LogP contribution in [-0.2, 0) is 17.2 Å².